The predicted molar refractivity (Wildman–Crippen MR) is 52.4 cm³/mol. The van der Waals surface area contributed by atoms with Crippen molar-refractivity contribution in [1.82, 2.24) is 4.98 Å². The Morgan fingerprint density at radius 2 is 2.54 bits per heavy atom. The fourth-order valence-electron chi connectivity index (χ4n) is 0.814. The van der Waals surface area contributed by atoms with Crippen LogP contribution < -0.4 is 5.73 Å². The number of allylic oxidation sites excluding steroid dienone is 1. The van der Waals surface area contributed by atoms with Gasteiger partial charge in [-0.1, -0.05) is 6.08 Å². The summed E-state index contributed by atoms with van der Waals surface area (Å²) in [6, 6.07) is 0. The third-order valence-corrected chi connectivity index (χ3v) is 2.18. The smallest absolute Gasteiger partial charge is 0.307 e. The van der Waals surface area contributed by atoms with Gasteiger partial charge < -0.3 is 10.8 Å². The largest absolute Gasteiger partial charge is 0.481 e. The van der Waals surface area contributed by atoms with E-state index in [0.29, 0.717) is 5.13 Å². The molecule has 5 heteroatoms. The van der Waals surface area contributed by atoms with Gasteiger partial charge in [-0.05, 0) is 12.5 Å². The monoisotopic (exact) mass is 198 g/mol. The average molecular weight is 198 g/mol. The zero-order valence-corrected chi connectivity index (χ0v) is 7.97. The molecule has 70 valence electrons. The van der Waals surface area contributed by atoms with E-state index < -0.39 is 5.97 Å². The SMILES string of the molecule is C/C(=C/CC(=O)O)c1csc(N)n1. The molecule has 13 heavy (non-hydrogen) atoms. The highest BCUT2D eigenvalue weighted by atomic mass is 32.1. The maximum Gasteiger partial charge on any atom is 0.307 e. The van der Waals surface area contributed by atoms with Gasteiger partial charge in [0.05, 0.1) is 12.1 Å². The lowest BCUT2D eigenvalue weighted by Gasteiger charge is -1.93. The van der Waals surface area contributed by atoms with Crippen LogP contribution in [0.2, 0.25) is 0 Å². The first-order valence-electron chi connectivity index (χ1n) is 3.69. The van der Waals surface area contributed by atoms with Crippen molar-refractivity contribution in [3.05, 3.63) is 17.2 Å². The number of aliphatic carboxylic acids is 1. The highest BCUT2D eigenvalue weighted by molar-refractivity contribution is 7.13. The van der Waals surface area contributed by atoms with E-state index in [1.807, 2.05) is 12.3 Å². The Labute approximate surface area is 79.7 Å². The quantitative estimate of drug-likeness (QED) is 0.773. The van der Waals surface area contributed by atoms with Gasteiger partial charge in [0, 0.05) is 5.38 Å². The second-order valence-electron chi connectivity index (χ2n) is 2.56. The molecule has 0 spiro atoms. The molecule has 4 nitrogen and oxygen atoms in total. The van der Waals surface area contributed by atoms with E-state index in [2.05, 4.69) is 4.98 Å². The zero-order chi connectivity index (χ0) is 9.84. The number of carboxylic acid groups (broad SMARTS) is 1. The van der Waals surface area contributed by atoms with Crippen LogP contribution in [0.1, 0.15) is 19.0 Å². The fraction of sp³-hybridized carbons (Fsp3) is 0.250. The number of nitrogens with two attached hydrogens (primary N) is 1. The number of anilines is 1. The van der Waals surface area contributed by atoms with Crippen LogP contribution in [0.5, 0.6) is 0 Å². The minimum absolute atomic E-state index is 0.0171. The third kappa shape index (κ3) is 2.87. The molecule has 0 radical (unpaired) electrons. The highest BCUT2D eigenvalue weighted by Crippen LogP contribution is 2.18. The molecule has 0 bridgehead atoms. The molecule has 0 aliphatic heterocycles. The molecule has 0 aliphatic rings. The Morgan fingerprint density at radius 1 is 1.85 bits per heavy atom. The van der Waals surface area contributed by atoms with E-state index in [1.165, 1.54) is 11.3 Å². The number of nitrogen functional groups attached to an aromatic ring is 1. The summed E-state index contributed by atoms with van der Waals surface area (Å²) in [7, 11) is 0. The van der Waals surface area contributed by atoms with E-state index in [0.717, 1.165) is 11.3 Å². The van der Waals surface area contributed by atoms with Crippen LogP contribution in [0, 0.1) is 0 Å². The number of carbonyl (C=O) groups is 1. The van der Waals surface area contributed by atoms with E-state index in [4.69, 9.17) is 10.8 Å². The van der Waals surface area contributed by atoms with Gasteiger partial charge in [-0.2, -0.15) is 0 Å². The predicted octanol–water partition coefficient (Wildman–Crippen LogP) is 1.60. The van der Waals surface area contributed by atoms with Gasteiger partial charge in [-0.15, -0.1) is 11.3 Å². The Morgan fingerprint density at radius 3 is 3.00 bits per heavy atom. The molecule has 0 saturated carbocycles. The van der Waals surface area contributed by atoms with Crippen molar-refractivity contribution in [2.24, 2.45) is 0 Å². The van der Waals surface area contributed by atoms with Crippen LogP contribution in [-0.4, -0.2) is 16.1 Å². The summed E-state index contributed by atoms with van der Waals surface area (Å²) >= 11 is 1.35. The topological polar surface area (TPSA) is 76.2 Å². The Kier molecular flexibility index (Phi) is 3.02. The summed E-state index contributed by atoms with van der Waals surface area (Å²) in [4.78, 5) is 14.3. The van der Waals surface area contributed by atoms with Crippen LogP contribution in [0.4, 0.5) is 5.13 Å². The van der Waals surface area contributed by atoms with Crippen LogP contribution in [0.3, 0.4) is 0 Å². The summed E-state index contributed by atoms with van der Waals surface area (Å²) in [6.45, 7) is 1.82. The summed E-state index contributed by atoms with van der Waals surface area (Å²) in [5, 5.41) is 10.7. The number of hydrogen-bond donors (Lipinski definition) is 2. The molecular formula is C8H10N2O2S. The minimum atomic E-state index is -0.845. The Balaban J connectivity index is 2.72. The first-order chi connectivity index (χ1) is 6.09. The summed E-state index contributed by atoms with van der Waals surface area (Å²) < 4.78 is 0. The number of aromatic nitrogens is 1. The standard InChI is InChI=1S/C8H10N2O2S/c1-5(2-3-7(11)12)6-4-13-8(9)10-6/h2,4H,3H2,1H3,(H2,9,10)(H,11,12)/b5-2-. The second-order valence-corrected chi connectivity index (χ2v) is 3.45. The molecule has 1 aromatic heterocycles. The summed E-state index contributed by atoms with van der Waals surface area (Å²) in [6.07, 6.45) is 1.64. The van der Waals surface area contributed by atoms with E-state index >= 15 is 0 Å². The van der Waals surface area contributed by atoms with E-state index in [1.54, 1.807) is 6.08 Å². The molecule has 0 fully saturated rings. The number of hydrogen-bond acceptors (Lipinski definition) is 4. The molecule has 0 aliphatic carbocycles. The number of thiazole rings is 1. The zero-order valence-electron chi connectivity index (χ0n) is 7.15. The lowest BCUT2D eigenvalue weighted by molar-refractivity contribution is -0.135. The lowest BCUT2D eigenvalue weighted by atomic mass is 10.2. The van der Waals surface area contributed by atoms with Crippen molar-refractivity contribution in [3.8, 4) is 0 Å². The molecule has 0 saturated heterocycles. The number of rotatable bonds is 3. The lowest BCUT2D eigenvalue weighted by Crippen LogP contribution is -1.91. The molecule has 3 N–H and O–H groups in total. The van der Waals surface area contributed by atoms with Crippen molar-refractivity contribution in [1.29, 1.82) is 0 Å². The average Bonchev–Trinajstić information content (AvgIpc) is 2.47. The normalized spacial score (nSPS) is 11.6. The molecule has 0 aromatic carbocycles. The summed E-state index contributed by atoms with van der Waals surface area (Å²) in [5.74, 6) is -0.845. The molecule has 0 unspecified atom stereocenters. The van der Waals surface area contributed by atoms with Gasteiger partial charge in [0.2, 0.25) is 0 Å². The number of carboxylic acids is 1. The fourth-order valence-corrected chi connectivity index (χ4v) is 1.44. The molecule has 1 aromatic rings. The van der Waals surface area contributed by atoms with Gasteiger partial charge in [-0.3, -0.25) is 4.79 Å². The van der Waals surface area contributed by atoms with Crippen LogP contribution in [0.15, 0.2) is 11.5 Å². The highest BCUT2D eigenvalue weighted by Gasteiger charge is 2.01. The van der Waals surface area contributed by atoms with Crippen molar-refractivity contribution in [2.75, 3.05) is 5.73 Å². The molecular weight excluding hydrogens is 188 g/mol. The van der Waals surface area contributed by atoms with Gasteiger partial charge >= 0.3 is 5.97 Å². The van der Waals surface area contributed by atoms with E-state index in [9.17, 15) is 4.79 Å². The molecule has 0 atom stereocenters. The maximum absolute atomic E-state index is 10.3. The number of nitrogens with zero attached hydrogens (tertiary/aromatic N) is 1. The van der Waals surface area contributed by atoms with Crippen LogP contribution in [0.25, 0.3) is 5.57 Å². The molecule has 1 heterocycles. The Hall–Kier alpha value is -1.36. The van der Waals surface area contributed by atoms with Crippen LogP contribution in [-0.2, 0) is 4.79 Å². The third-order valence-electron chi connectivity index (χ3n) is 1.51. The van der Waals surface area contributed by atoms with Crippen molar-refractivity contribution in [3.63, 3.8) is 0 Å². The molecule has 0 amide bonds. The Bertz CT molecular complexity index is 344. The maximum atomic E-state index is 10.3. The van der Waals surface area contributed by atoms with Gasteiger partial charge in [-0.25, -0.2) is 4.98 Å². The first-order valence-corrected chi connectivity index (χ1v) is 4.57. The first kappa shape index (κ1) is 9.73. The van der Waals surface area contributed by atoms with Crippen molar-refractivity contribution < 1.29 is 9.90 Å². The molecule has 1 rings (SSSR count). The van der Waals surface area contributed by atoms with Crippen molar-refractivity contribution in [2.45, 2.75) is 13.3 Å². The van der Waals surface area contributed by atoms with Gasteiger partial charge in [0.1, 0.15) is 0 Å². The van der Waals surface area contributed by atoms with Crippen LogP contribution >= 0.6 is 11.3 Å². The minimum Gasteiger partial charge on any atom is -0.481 e. The van der Waals surface area contributed by atoms with Gasteiger partial charge in [0.15, 0.2) is 5.13 Å². The van der Waals surface area contributed by atoms with Gasteiger partial charge in [0.25, 0.3) is 0 Å². The van der Waals surface area contributed by atoms with E-state index in [-0.39, 0.29) is 6.42 Å². The summed E-state index contributed by atoms with van der Waals surface area (Å²) in [5.41, 5.74) is 7.03. The second kappa shape index (κ2) is 4.04. The van der Waals surface area contributed by atoms with Crippen molar-refractivity contribution >= 4 is 28.0 Å².